The minimum atomic E-state index is -3.76. The van der Waals surface area contributed by atoms with E-state index in [1.807, 2.05) is 19.1 Å². The van der Waals surface area contributed by atoms with Crippen molar-refractivity contribution in [1.29, 1.82) is 0 Å². The van der Waals surface area contributed by atoms with Gasteiger partial charge in [0, 0.05) is 11.9 Å². The summed E-state index contributed by atoms with van der Waals surface area (Å²) in [5.74, 6) is 0. The van der Waals surface area contributed by atoms with Crippen molar-refractivity contribution in [3.05, 3.63) is 42.2 Å². The van der Waals surface area contributed by atoms with Crippen LogP contribution in [0.1, 0.15) is 18.7 Å². The monoisotopic (exact) mass is 281 g/mol. The standard InChI is InChI=1S/C11H15N5O2S/c1-8(11-5-6-13-15-11)14-9-3-2-4-10(7-9)16-19(12,17)18/h2-8,14,16H,1H3,(H,13,15)(H2,12,17,18). The molecular weight excluding hydrogens is 266 g/mol. The number of benzene rings is 1. The number of aromatic nitrogens is 2. The predicted molar refractivity (Wildman–Crippen MR) is 73.8 cm³/mol. The van der Waals surface area contributed by atoms with Crippen LogP contribution in [0, 0.1) is 0 Å². The number of hydrogen-bond acceptors (Lipinski definition) is 4. The quantitative estimate of drug-likeness (QED) is 0.659. The molecule has 0 aliphatic rings. The first-order chi connectivity index (χ1) is 8.94. The zero-order valence-electron chi connectivity index (χ0n) is 10.3. The molecule has 19 heavy (non-hydrogen) atoms. The summed E-state index contributed by atoms with van der Waals surface area (Å²) >= 11 is 0. The molecule has 0 amide bonds. The molecule has 7 nitrogen and oxygen atoms in total. The van der Waals surface area contributed by atoms with Gasteiger partial charge in [-0.15, -0.1) is 0 Å². The average molecular weight is 281 g/mol. The smallest absolute Gasteiger partial charge is 0.296 e. The molecule has 1 atom stereocenters. The van der Waals surface area contributed by atoms with Crippen molar-refractivity contribution in [3.63, 3.8) is 0 Å². The second-order valence-electron chi connectivity index (χ2n) is 4.11. The summed E-state index contributed by atoms with van der Waals surface area (Å²) in [7, 11) is -3.76. The third-order valence-electron chi connectivity index (χ3n) is 2.49. The van der Waals surface area contributed by atoms with Crippen molar-refractivity contribution >= 4 is 21.6 Å². The van der Waals surface area contributed by atoms with Crippen molar-refractivity contribution in [2.24, 2.45) is 5.14 Å². The zero-order chi connectivity index (χ0) is 13.9. The minimum absolute atomic E-state index is 0.0206. The highest BCUT2D eigenvalue weighted by molar-refractivity contribution is 7.90. The number of aromatic amines is 1. The number of nitrogens with two attached hydrogens (primary N) is 1. The summed E-state index contributed by atoms with van der Waals surface area (Å²) in [5.41, 5.74) is 2.12. The van der Waals surface area contributed by atoms with Crippen molar-refractivity contribution in [1.82, 2.24) is 10.2 Å². The van der Waals surface area contributed by atoms with Crippen LogP contribution in [-0.2, 0) is 10.2 Å². The van der Waals surface area contributed by atoms with Gasteiger partial charge in [-0.1, -0.05) is 6.07 Å². The van der Waals surface area contributed by atoms with Gasteiger partial charge in [-0.05, 0) is 31.2 Å². The van der Waals surface area contributed by atoms with Gasteiger partial charge in [0.25, 0.3) is 10.2 Å². The molecule has 102 valence electrons. The van der Waals surface area contributed by atoms with Crippen LogP contribution < -0.4 is 15.2 Å². The van der Waals surface area contributed by atoms with E-state index in [0.29, 0.717) is 5.69 Å². The SMILES string of the molecule is CC(Nc1cccc(NS(N)(=O)=O)c1)c1ccn[nH]1. The third-order valence-corrected chi connectivity index (χ3v) is 3.01. The number of hydrogen-bond donors (Lipinski definition) is 4. The zero-order valence-corrected chi connectivity index (χ0v) is 11.1. The fraction of sp³-hybridized carbons (Fsp3) is 0.182. The molecule has 0 saturated heterocycles. The van der Waals surface area contributed by atoms with Gasteiger partial charge in [0.1, 0.15) is 0 Å². The molecule has 0 aliphatic carbocycles. The van der Waals surface area contributed by atoms with Gasteiger partial charge >= 0.3 is 0 Å². The van der Waals surface area contributed by atoms with Crippen LogP contribution >= 0.6 is 0 Å². The highest BCUT2D eigenvalue weighted by atomic mass is 32.2. The topological polar surface area (TPSA) is 113 Å². The highest BCUT2D eigenvalue weighted by Crippen LogP contribution is 2.20. The summed E-state index contributed by atoms with van der Waals surface area (Å²) in [6, 6.07) is 8.74. The predicted octanol–water partition coefficient (Wildman–Crippen LogP) is 1.20. The Morgan fingerprint density at radius 3 is 2.68 bits per heavy atom. The molecule has 0 spiro atoms. The van der Waals surface area contributed by atoms with Gasteiger partial charge in [-0.3, -0.25) is 9.82 Å². The van der Waals surface area contributed by atoms with E-state index in [0.717, 1.165) is 11.4 Å². The molecule has 2 rings (SSSR count). The van der Waals surface area contributed by atoms with E-state index in [-0.39, 0.29) is 6.04 Å². The lowest BCUT2D eigenvalue weighted by molar-refractivity contribution is 0.603. The van der Waals surface area contributed by atoms with Crippen LogP contribution in [0.4, 0.5) is 11.4 Å². The normalized spacial score (nSPS) is 12.9. The Bertz CT molecular complexity index is 639. The van der Waals surface area contributed by atoms with E-state index in [4.69, 9.17) is 5.14 Å². The Balaban J connectivity index is 2.11. The number of anilines is 2. The van der Waals surface area contributed by atoms with E-state index >= 15 is 0 Å². The molecule has 5 N–H and O–H groups in total. The second kappa shape index (κ2) is 5.29. The van der Waals surface area contributed by atoms with E-state index in [2.05, 4.69) is 20.2 Å². The number of nitrogens with one attached hydrogen (secondary N) is 3. The summed E-state index contributed by atoms with van der Waals surface area (Å²) in [5, 5.41) is 14.9. The number of rotatable bonds is 5. The Kier molecular flexibility index (Phi) is 3.72. The molecule has 0 aliphatic heterocycles. The van der Waals surface area contributed by atoms with E-state index in [1.165, 1.54) is 0 Å². The van der Waals surface area contributed by atoms with Crippen molar-refractivity contribution in [3.8, 4) is 0 Å². The Morgan fingerprint density at radius 2 is 2.05 bits per heavy atom. The molecular formula is C11H15N5O2S. The maximum absolute atomic E-state index is 11.0. The van der Waals surface area contributed by atoms with Crippen molar-refractivity contribution < 1.29 is 8.42 Å². The van der Waals surface area contributed by atoms with Gasteiger partial charge < -0.3 is 5.32 Å². The Labute approximate surface area is 111 Å². The molecule has 1 heterocycles. The Morgan fingerprint density at radius 1 is 1.32 bits per heavy atom. The molecule has 1 aromatic carbocycles. The summed E-state index contributed by atoms with van der Waals surface area (Å²) in [4.78, 5) is 0. The maximum atomic E-state index is 11.0. The van der Waals surface area contributed by atoms with Crippen molar-refractivity contribution in [2.75, 3.05) is 10.0 Å². The van der Waals surface area contributed by atoms with Crippen LogP contribution in [0.25, 0.3) is 0 Å². The fourth-order valence-corrected chi connectivity index (χ4v) is 2.13. The molecule has 2 aromatic rings. The maximum Gasteiger partial charge on any atom is 0.296 e. The van der Waals surface area contributed by atoms with Gasteiger partial charge in [0.05, 0.1) is 17.4 Å². The van der Waals surface area contributed by atoms with E-state index in [1.54, 1.807) is 24.4 Å². The first kappa shape index (κ1) is 13.4. The Hall–Kier alpha value is -2.06. The van der Waals surface area contributed by atoms with Gasteiger partial charge in [0.2, 0.25) is 0 Å². The first-order valence-electron chi connectivity index (χ1n) is 5.60. The van der Waals surface area contributed by atoms with Gasteiger partial charge in [0.15, 0.2) is 0 Å². The molecule has 0 saturated carbocycles. The lowest BCUT2D eigenvalue weighted by Crippen LogP contribution is -2.21. The summed E-state index contributed by atoms with van der Waals surface area (Å²) < 4.78 is 24.1. The lowest BCUT2D eigenvalue weighted by atomic mass is 10.2. The van der Waals surface area contributed by atoms with Gasteiger partial charge in [-0.25, -0.2) is 5.14 Å². The number of nitrogens with zero attached hydrogens (tertiary/aromatic N) is 1. The first-order valence-corrected chi connectivity index (χ1v) is 7.15. The van der Waals surface area contributed by atoms with Crippen LogP contribution in [0.15, 0.2) is 36.5 Å². The molecule has 0 bridgehead atoms. The molecule has 1 unspecified atom stereocenters. The van der Waals surface area contributed by atoms with Crippen LogP contribution in [0.2, 0.25) is 0 Å². The highest BCUT2D eigenvalue weighted by Gasteiger charge is 2.07. The van der Waals surface area contributed by atoms with Crippen LogP contribution in [0.3, 0.4) is 0 Å². The van der Waals surface area contributed by atoms with Gasteiger partial charge in [-0.2, -0.15) is 13.5 Å². The average Bonchev–Trinajstić information content (AvgIpc) is 2.80. The largest absolute Gasteiger partial charge is 0.377 e. The second-order valence-corrected chi connectivity index (χ2v) is 5.40. The van der Waals surface area contributed by atoms with Crippen LogP contribution in [-0.4, -0.2) is 18.6 Å². The summed E-state index contributed by atoms with van der Waals surface area (Å²) in [6.07, 6.45) is 1.67. The number of H-pyrrole nitrogens is 1. The third kappa shape index (κ3) is 3.97. The fourth-order valence-electron chi connectivity index (χ4n) is 1.67. The molecule has 1 aromatic heterocycles. The van der Waals surface area contributed by atoms with E-state index < -0.39 is 10.2 Å². The molecule has 0 radical (unpaired) electrons. The van der Waals surface area contributed by atoms with E-state index in [9.17, 15) is 8.42 Å². The molecule has 0 fully saturated rings. The minimum Gasteiger partial charge on any atom is -0.377 e. The van der Waals surface area contributed by atoms with Crippen LogP contribution in [0.5, 0.6) is 0 Å². The molecule has 8 heteroatoms. The van der Waals surface area contributed by atoms with Crippen molar-refractivity contribution in [2.45, 2.75) is 13.0 Å². The lowest BCUT2D eigenvalue weighted by Gasteiger charge is -2.14. The summed E-state index contributed by atoms with van der Waals surface area (Å²) in [6.45, 7) is 1.97.